The molecule has 1 aromatic heterocycles. The molecular weight excluding hydrogens is 434 g/mol. The Hall–Kier alpha value is -2.39. The fourth-order valence-corrected chi connectivity index (χ4v) is 6.79. The van der Waals surface area contributed by atoms with Crippen molar-refractivity contribution in [2.45, 2.75) is 50.4 Å². The van der Waals surface area contributed by atoms with Crippen molar-refractivity contribution >= 4 is 46.0 Å². The highest BCUT2D eigenvalue weighted by atomic mass is 32.2. The Labute approximate surface area is 189 Å². The Balaban J connectivity index is 1.49. The number of rotatable bonds is 4. The molecule has 2 fully saturated rings. The molecule has 1 spiro atoms. The molecular formula is C22H25N3O4S2. The van der Waals surface area contributed by atoms with Gasteiger partial charge in [-0.1, -0.05) is 18.2 Å². The van der Waals surface area contributed by atoms with Crippen LogP contribution in [0.2, 0.25) is 0 Å². The summed E-state index contributed by atoms with van der Waals surface area (Å²) in [4.78, 5) is 44.4. The number of hydrogen-bond acceptors (Lipinski definition) is 6. The fourth-order valence-electron chi connectivity index (χ4n) is 4.34. The van der Waals surface area contributed by atoms with E-state index in [1.807, 2.05) is 19.9 Å². The largest absolute Gasteiger partial charge is 0.480 e. The smallest absolute Gasteiger partial charge is 0.327 e. The zero-order chi connectivity index (χ0) is 22.2. The van der Waals surface area contributed by atoms with E-state index in [-0.39, 0.29) is 17.7 Å². The summed E-state index contributed by atoms with van der Waals surface area (Å²) >= 11 is 3.00. The van der Waals surface area contributed by atoms with E-state index >= 15 is 0 Å². The first-order valence-corrected chi connectivity index (χ1v) is 12.1. The van der Waals surface area contributed by atoms with Gasteiger partial charge in [0.05, 0.1) is 10.6 Å². The molecule has 1 aliphatic carbocycles. The van der Waals surface area contributed by atoms with Crippen molar-refractivity contribution in [3.63, 3.8) is 0 Å². The molecule has 1 saturated heterocycles. The van der Waals surface area contributed by atoms with E-state index in [4.69, 9.17) is 0 Å². The minimum absolute atomic E-state index is 0.0534. The number of anilines is 1. The zero-order valence-electron chi connectivity index (χ0n) is 17.5. The topological polar surface area (TPSA) is 99.6 Å². The quantitative estimate of drug-likeness (QED) is 0.719. The number of benzene rings is 1. The van der Waals surface area contributed by atoms with Crippen molar-refractivity contribution in [2.24, 2.45) is 5.92 Å². The van der Waals surface area contributed by atoms with Crippen LogP contribution in [0.25, 0.3) is 0 Å². The molecule has 1 aromatic carbocycles. The third kappa shape index (κ3) is 4.21. The van der Waals surface area contributed by atoms with E-state index in [2.05, 4.69) is 10.3 Å². The number of carboxylic acid groups (broad SMARTS) is 1. The van der Waals surface area contributed by atoms with E-state index in [9.17, 15) is 19.5 Å². The van der Waals surface area contributed by atoms with Crippen molar-refractivity contribution in [3.8, 4) is 0 Å². The molecule has 0 bridgehead atoms. The molecule has 0 radical (unpaired) electrons. The fraction of sp³-hybridized carbons (Fsp3) is 0.455. The third-order valence-electron chi connectivity index (χ3n) is 6.18. The summed E-state index contributed by atoms with van der Waals surface area (Å²) in [5.41, 5.74) is 1.41. The standard InChI is InChI=1S/C22H25N3O4S2/c1-13-14(2)31-21(23-13)24-18(26)15-8-10-22(11-9-15)25(17(12-30-22)20(28)29)19(27)16-6-4-3-5-7-16/h3-7,15,17H,8-12H2,1-2H3,(H,28,29)(H,23,24,26)/t15?,17-,22?/m0/s1. The van der Waals surface area contributed by atoms with E-state index in [0.717, 1.165) is 10.6 Å². The first-order chi connectivity index (χ1) is 14.8. The van der Waals surface area contributed by atoms with Gasteiger partial charge in [-0.05, 0) is 51.7 Å². The summed E-state index contributed by atoms with van der Waals surface area (Å²) in [6.45, 7) is 3.89. The third-order valence-corrected chi connectivity index (χ3v) is 8.79. The Morgan fingerprint density at radius 2 is 1.84 bits per heavy atom. The minimum atomic E-state index is -0.983. The second kappa shape index (κ2) is 8.63. The molecule has 2 N–H and O–H groups in total. The number of aryl methyl sites for hydroxylation is 2. The molecule has 1 atom stereocenters. The minimum Gasteiger partial charge on any atom is -0.480 e. The van der Waals surface area contributed by atoms with Crippen LogP contribution in [0, 0.1) is 19.8 Å². The van der Waals surface area contributed by atoms with Gasteiger partial charge in [-0.2, -0.15) is 0 Å². The van der Waals surface area contributed by atoms with Gasteiger partial charge in [-0.25, -0.2) is 9.78 Å². The molecule has 1 aliphatic heterocycles. The first kappa shape index (κ1) is 21.8. The van der Waals surface area contributed by atoms with Crippen molar-refractivity contribution in [1.82, 2.24) is 9.88 Å². The second-order valence-electron chi connectivity index (χ2n) is 8.08. The molecule has 4 rings (SSSR count). The van der Waals surface area contributed by atoms with Crippen molar-refractivity contribution in [3.05, 3.63) is 46.5 Å². The maximum atomic E-state index is 13.3. The number of aromatic nitrogens is 1. The molecule has 2 aliphatic rings. The summed E-state index contributed by atoms with van der Waals surface area (Å²) in [6.07, 6.45) is 2.39. The number of carbonyl (C=O) groups is 3. The summed E-state index contributed by atoms with van der Waals surface area (Å²) in [7, 11) is 0. The van der Waals surface area contributed by atoms with Crippen LogP contribution in [0.1, 0.15) is 46.6 Å². The number of thioether (sulfide) groups is 1. The van der Waals surface area contributed by atoms with Crippen molar-refractivity contribution < 1.29 is 19.5 Å². The van der Waals surface area contributed by atoms with Gasteiger partial charge in [-0.3, -0.25) is 9.59 Å². The number of nitrogens with zero attached hydrogens (tertiary/aromatic N) is 2. The summed E-state index contributed by atoms with van der Waals surface area (Å²) < 4.78 is 0. The first-order valence-electron chi connectivity index (χ1n) is 10.3. The van der Waals surface area contributed by atoms with Crippen LogP contribution in [0.15, 0.2) is 30.3 Å². The van der Waals surface area contributed by atoms with Gasteiger partial charge in [0.25, 0.3) is 5.91 Å². The van der Waals surface area contributed by atoms with Crippen LogP contribution in [0.3, 0.4) is 0 Å². The average molecular weight is 460 g/mol. The Kier molecular flexibility index (Phi) is 6.07. The SMILES string of the molecule is Cc1nc(NC(=O)C2CCC3(CC2)SC[C@@H](C(=O)O)N3C(=O)c2ccccc2)sc1C. The average Bonchev–Trinajstić information content (AvgIpc) is 3.28. The van der Waals surface area contributed by atoms with Crippen LogP contribution in [0.5, 0.6) is 0 Å². The van der Waals surface area contributed by atoms with Gasteiger partial charge < -0.3 is 15.3 Å². The van der Waals surface area contributed by atoms with E-state index < -0.39 is 16.9 Å². The summed E-state index contributed by atoms with van der Waals surface area (Å²) in [6, 6.07) is 7.97. The number of nitrogens with one attached hydrogen (secondary N) is 1. The van der Waals surface area contributed by atoms with Crippen LogP contribution in [0.4, 0.5) is 5.13 Å². The molecule has 1 saturated carbocycles. The number of carbonyl (C=O) groups excluding carboxylic acids is 2. The van der Waals surface area contributed by atoms with Gasteiger partial charge in [0.1, 0.15) is 6.04 Å². The highest BCUT2D eigenvalue weighted by Crippen LogP contribution is 2.51. The monoisotopic (exact) mass is 459 g/mol. The molecule has 2 heterocycles. The molecule has 164 valence electrons. The Morgan fingerprint density at radius 3 is 2.42 bits per heavy atom. The van der Waals surface area contributed by atoms with Crippen LogP contribution >= 0.6 is 23.1 Å². The number of thiazole rings is 1. The molecule has 31 heavy (non-hydrogen) atoms. The maximum absolute atomic E-state index is 13.3. The van der Waals surface area contributed by atoms with Gasteiger partial charge in [0.15, 0.2) is 5.13 Å². The van der Waals surface area contributed by atoms with Gasteiger partial charge in [-0.15, -0.1) is 23.1 Å². The molecule has 9 heteroatoms. The summed E-state index contributed by atoms with van der Waals surface area (Å²) in [5.74, 6) is -1.10. The molecule has 2 aromatic rings. The van der Waals surface area contributed by atoms with Crippen LogP contribution in [-0.4, -0.2) is 49.4 Å². The Bertz CT molecular complexity index is 980. The predicted octanol–water partition coefficient (Wildman–Crippen LogP) is 3.93. The summed E-state index contributed by atoms with van der Waals surface area (Å²) in [5, 5.41) is 13.3. The number of carboxylic acids is 1. The van der Waals surface area contributed by atoms with Crippen molar-refractivity contribution in [1.29, 1.82) is 0 Å². The van der Waals surface area contributed by atoms with Gasteiger partial charge in [0, 0.05) is 22.1 Å². The lowest BCUT2D eigenvalue weighted by Crippen LogP contribution is -2.54. The molecule has 7 nitrogen and oxygen atoms in total. The lowest BCUT2D eigenvalue weighted by molar-refractivity contribution is -0.142. The highest BCUT2D eigenvalue weighted by Gasteiger charge is 2.54. The molecule has 2 amide bonds. The Morgan fingerprint density at radius 1 is 1.16 bits per heavy atom. The zero-order valence-corrected chi connectivity index (χ0v) is 19.1. The number of amides is 2. The second-order valence-corrected chi connectivity index (χ2v) is 10.7. The predicted molar refractivity (Wildman–Crippen MR) is 121 cm³/mol. The highest BCUT2D eigenvalue weighted by molar-refractivity contribution is 8.01. The van der Waals surface area contributed by atoms with Crippen molar-refractivity contribution in [2.75, 3.05) is 11.1 Å². The van der Waals surface area contributed by atoms with Crippen LogP contribution in [-0.2, 0) is 9.59 Å². The molecule has 0 unspecified atom stereocenters. The maximum Gasteiger partial charge on any atom is 0.327 e. The lowest BCUT2D eigenvalue weighted by atomic mass is 9.83. The number of aliphatic carboxylic acids is 1. The number of hydrogen-bond donors (Lipinski definition) is 2. The van der Waals surface area contributed by atoms with Crippen LogP contribution < -0.4 is 5.32 Å². The van der Waals surface area contributed by atoms with Gasteiger partial charge >= 0.3 is 5.97 Å². The van der Waals surface area contributed by atoms with Gasteiger partial charge in [0.2, 0.25) is 5.91 Å². The van der Waals surface area contributed by atoms with E-state index in [0.29, 0.717) is 42.1 Å². The van der Waals surface area contributed by atoms with E-state index in [1.165, 1.54) is 23.1 Å². The normalized spacial score (nSPS) is 25.5. The lowest BCUT2D eigenvalue weighted by Gasteiger charge is -2.43. The van der Waals surface area contributed by atoms with E-state index in [1.54, 1.807) is 29.2 Å².